The summed E-state index contributed by atoms with van der Waals surface area (Å²) in [5.74, 6) is -0.330. The van der Waals surface area contributed by atoms with Gasteiger partial charge in [0.1, 0.15) is 5.69 Å². The molecule has 1 fully saturated rings. The summed E-state index contributed by atoms with van der Waals surface area (Å²) in [6.45, 7) is 0. The average Bonchev–Trinajstić information content (AvgIpc) is 2.87. The van der Waals surface area contributed by atoms with Gasteiger partial charge in [-0.25, -0.2) is 9.78 Å². The Morgan fingerprint density at radius 3 is 2.95 bits per heavy atom. The molecule has 1 aliphatic carbocycles. The van der Waals surface area contributed by atoms with E-state index in [0.717, 1.165) is 19.3 Å². The van der Waals surface area contributed by atoms with Crippen molar-refractivity contribution in [2.24, 2.45) is 11.7 Å². The standard InChI is InChI=1S/C13H18N4O3/c1-20-12-10(6-3-7-15-12)17-13(19)16-9-5-2-4-8(9)11(14)18/h3,6-9H,2,4-5H2,1H3,(H2,14,18)(H2,16,17,19)/t8-,9-/m0/s1. The third-order valence-electron chi connectivity index (χ3n) is 3.41. The summed E-state index contributed by atoms with van der Waals surface area (Å²) in [5, 5.41) is 5.43. The molecule has 3 amide bonds. The number of nitrogens with zero attached hydrogens (tertiary/aromatic N) is 1. The van der Waals surface area contributed by atoms with Gasteiger partial charge in [0.25, 0.3) is 0 Å². The molecule has 0 aliphatic heterocycles. The quantitative estimate of drug-likeness (QED) is 0.759. The van der Waals surface area contributed by atoms with Crippen LogP contribution in [0.5, 0.6) is 5.88 Å². The number of methoxy groups -OCH3 is 1. The van der Waals surface area contributed by atoms with Crippen molar-refractivity contribution in [3.63, 3.8) is 0 Å². The number of amides is 3. The Labute approximate surface area is 116 Å². The molecule has 1 saturated carbocycles. The highest BCUT2D eigenvalue weighted by Gasteiger charge is 2.32. The Morgan fingerprint density at radius 1 is 1.45 bits per heavy atom. The highest BCUT2D eigenvalue weighted by atomic mass is 16.5. The SMILES string of the molecule is COc1ncccc1NC(=O)N[C@H]1CCC[C@@H]1C(N)=O. The number of primary amides is 1. The van der Waals surface area contributed by atoms with Gasteiger partial charge in [0.2, 0.25) is 11.8 Å². The maximum Gasteiger partial charge on any atom is 0.319 e. The summed E-state index contributed by atoms with van der Waals surface area (Å²) in [4.78, 5) is 27.2. The van der Waals surface area contributed by atoms with E-state index in [9.17, 15) is 9.59 Å². The number of nitrogens with one attached hydrogen (secondary N) is 2. The lowest BCUT2D eigenvalue weighted by Gasteiger charge is -2.19. The number of pyridine rings is 1. The molecular formula is C13H18N4O3. The molecule has 1 aromatic heterocycles. The number of urea groups is 1. The van der Waals surface area contributed by atoms with Crippen molar-refractivity contribution < 1.29 is 14.3 Å². The monoisotopic (exact) mass is 278 g/mol. The number of ether oxygens (including phenoxy) is 1. The van der Waals surface area contributed by atoms with Gasteiger partial charge in [0, 0.05) is 12.2 Å². The van der Waals surface area contributed by atoms with Crippen LogP contribution in [0, 0.1) is 5.92 Å². The first-order valence-corrected chi connectivity index (χ1v) is 6.47. The molecule has 0 saturated heterocycles. The van der Waals surface area contributed by atoms with Crippen molar-refractivity contribution in [1.29, 1.82) is 0 Å². The van der Waals surface area contributed by atoms with E-state index in [2.05, 4.69) is 15.6 Å². The molecule has 0 unspecified atom stereocenters. The predicted octanol–water partition coefficient (Wildman–Crippen LogP) is 0.866. The molecular weight excluding hydrogens is 260 g/mol. The number of hydrogen-bond donors (Lipinski definition) is 3. The molecule has 0 radical (unpaired) electrons. The van der Waals surface area contributed by atoms with Gasteiger partial charge in [0.15, 0.2) is 0 Å². The molecule has 7 nitrogen and oxygen atoms in total. The number of carbonyl (C=O) groups excluding carboxylic acids is 2. The highest BCUT2D eigenvalue weighted by molar-refractivity contribution is 5.91. The van der Waals surface area contributed by atoms with Crippen LogP contribution in [-0.4, -0.2) is 30.1 Å². The maximum atomic E-state index is 11.9. The largest absolute Gasteiger partial charge is 0.480 e. The molecule has 1 aliphatic rings. The van der Waals surface area contributed by atoms with Crippen molar-refractivity contribution in [2.75, 3.05) is 12.4 Å². The zero-order valence-corrected chi connectivity index (χ0v) is 11.3. The second-order valence-electron chi connectivity index (χ2n) is 4.70. The highest BCUT2D eigenvalue weighted by Crippen LogP contribution is 2.25. The van der Waals surface area contributed by atoms with E-state index >= 15 is 0 Å². The van der Waals surface area contributed by atoms with Crippen molar-refractivity contribution in [3.8, 4) is 5.88 Å². The summed E-state index contributed by atoms with van der Waals surface area (Å²) >= 11 is 0. The van der Waals surface area contributed by atoms with E-state index in [1.54, 1.807) is 18.3 Å². The third-order valence-corrected chi connectivity index (χ3v) is 3.41. The first-order chi connectivity index (χ1) is 9.61. The van der Waals surface area contributed by atoms with Gasteiger partial charge in [-0.05, 0) is 25.0 Å². The van der Waals surface area contributed by atoms with Crippen LogP contribution >= 0.6 is 0 Å². The Bertz CT molecular complexity index is 506. The lowest BCUT2D eigenvalue weighted by molar-refractivity contribution is -0.122. The average molecular weight is 278 g/mol. The molecule has 7 heteroatoms. The summed E-state index contributed by atoms with van der Waals surface area (Å²) in [5.41, 5.74) is 5.79. The van der Waals surface area contributed by atoms with Crippen LogP contribution in [0.25, 0.3) is 0 Å². The van der Waals surface area contributed by atoms with E-state index in [1.165, 1.54) is 7.11 Å². The number of aromatic nitrogens is 1. The zero-order valence-electron chi connectivity index (χ0n) is 11.3. The van der Waals surface area contributed by atoms with Crippen LogP contribution < -0.4 is 21.1 Å². The molecule has 1 aromatic rings. The van der Waals surface area contributed by atoms with Gasteiger partial charge in [-0.2, -0.15) is 0 Å². The Morgan fingerprint density at radius 2 is 2.25 bits per heavy atom. The molecule has 20 heavy (non-hydrogen) atoms. The first-order valence-electron chi connectivity index (χ1n) is 6.47. The second kappa shape index (κ2) is 6.23. The molecule has 0 aromatic carbocycles. The van der Waals surface area contributed by atoms with Gasteiger partial charge in [-0.1, -0.05) is 6.42 Å². The lowest BCUT2D eigenvalue weighted by Crippen LogP contribution is -2.44. The molecule has 0 bridgehead atoms. The number of carbonyl (C=O) groups is 2. The minimum Gasteiger partial charge on any atom is -0.480 e. The van der Waals surface area contributed by atoms with Crippen molar-refractivity contribution in [2.45, 2.75) is 25.3 Å². The molecule has 4 N–H and O–H groups in total. The van der Waals surface area contributed by atoms with Crippen LogP contribution in [0.1, 0.15) is 19.3 Å². The minimum absolute atomic E-state index is 0.213. The third kappa shape index (κ3) is 3.17. The minimum atomic E-state index is -0.394. The van der Waals surface area contributed by atoms with Gasteiger partial charge < -0.3 is 21.1 Å². The van der Waals surface area contributed by atoms with Crippen molar-refractivity contribution in [3.05, 3.63) is 18.3 Å². The van der Waals surface area contributed by atoms with Gasteiger partial charge in [-0.3, -0.25) is 4.79 Å². The molecule has 2 atom stereocenters. The van der Waals surface area contributed by atoms with Crippen LogP contribution in [0.4, 0.5) is 10.5 Å². The first kappa shape index (κ1) is 14.1. The molecule has 2 rings (SSSR count). The van der Waals surface area contributed by atoms with E-state index < -0.39 is 6.03 Å². The van der Waals surface area contributed by atoms with E-state index in [4.69, 9.17) is 10.5 Å². The number of hydrogen-bond acceptors (Lipinski definition) is 4. The Kier molecular flexibility index (Phi) is 4.39. The maximum absolute atomic E-state index is 11.9. The van der Waals surface area contributed by atoms with E-state index in [1.807, 2.05) is 0 Å². The number of nitrogens with two attached hydrogens (primary N) is 1. The fourth-order valence-electron chi connectivity index (χ4n) is 2.45. The number of rotatable bonds is 4. The van der Waals surface area contributed by atoms with Crippen LogP contribution in [0.3, 0.4) is 0 Å². The van der Waals surface area contributed by atoms with Gasteiger partial charge in [0.05, 0.1) is 13.0 Å². The second-order valence-corrected chi connectivity index (χ2v) is 4.70. The van der Waals surface area contributed by atoms with Gasteiger partial charge >= 0.3 is 6.03 Å². The number of anilines is 1. The summed E-state index contributed by atoms with van der Waals surface area (Å²) in [7, 11) is 1.48. The molecule has 108 valence electrons. The molecule has 1 heterocycles. The predicted molar refractivity (Wildman–Crippen MR) is 73.3 cm³/mol. The summed E-state index contributed by atoms with van der Waals surface area (Å²) in [6.07, 6.45) is 3.93. The van der Waals surface area contributed by atoms with E-state index in [-0.39, 0.29) is 17.9 Å². The molecule has 0 spiro atoms. The van der Waals surface area contributed by atoms with Crippen LogP contribution in [0.2, 0.25) is 0 Å². The zero-order chi connectivity index (χ0) is 14.5. The summed E-state index contributed by atoms with van der Waals surface area (Å²) < 4.78 is 5.05. The lowest BCUT2D eigenvalue weighted by atomic mass is 10.0. The Balaban J connectivity index is 1.97. The Hall–Kier alpha value is -2.31. The van der Waals surface area contributed by atoms with Crippen LogP contribution in [-0.2, 0) is 4.79 Å². The normalized spacial score (nSPS) is 21.2. The fourth-order valence-corrected chi connectivity index (χ4v) is 2.45. The smallest absolute Gasteiger partial charge is 0.319 e. The van der Waals surface area contributed by atoms with Crippen LogP contribution in [0.15, 0.2) is 18.3 Å². The van der Waals surface area contributed by atoms with Gasteiger partial charge in [-0.15, -0.1) is 0 Å². The van der Waals surface area contributed by atoms with Crippen molar-refractivity contribution in [1.82, 2.24) is 10.3 Å². The fraction of sp³-hybridized carbons (Fsp3) is 0.462. The topological polar surface area (TPSA) is 106 Å². The van der Waals surface area contributed by atoms with E-state index in [0.29, 0.717) is 11.6 Å². The summed E-state index contributed by atoms with van der Waals surface area (Å²) in [6, 6.07) is 2.77. The van der Waals surface area contributed by atoms with Crippen molar-refractivity contribution >= 4 is 17.6 Å².